The summed E-state index contributed by atoms with van der Waals surface area (Å²) in [5, 5.41) is 21.9. The minimum atomic E-state index is -1.03. The number of urea groups is 1. The van der Waals surface area contributed by atoms with Crippen LogP contribution in [-0.4, -0.2) is 53.9 Å². The number of rotatable bonds is 8. The summed E-state index contributed by atoms with van der Waals surface area (Å²) in [6.45, 7) is 4.10. The predicted octanol–water partition coefficient (Wildman–Crippen LogP) is -0.838. The van der Waals surface area contributed by atoms with Crippen molar-refractivity contribution in [2.24, 2.45) is 17.4 Å². The molecule has 8 N–H and O–H groups in total. The number of hydrogen-bond donors (Lipinski definition) is 6. The summed E-state index contributed by atoms with van der Waals surface area (Å²) in [7, 11) is 1.65. The van der Waals surface area contributed by atoms with Crippen LogP contribution in [0.4, 0.5) is 4.79 Å². The maximum atomic E-state index is 10.3. The van der Waals surface area contributed by atoms with Gasteiger partial charge in [0.05, 0.1) is 0 Å². The molecule has 0 aromatic heterocycles. The molecule has 0 saturated heterocycles. The fourth-order valence-corrected chi connectivity index (χ4v) is 1.40. The van der Waals surface area contributed by atoms with Crippen molar-refractivity contribution in [2.75, 3.05) is 13.6 Å². The number of carbonyl (C=O) groups excluding carboxylic acids is 1. The zero-order valence-electron chi connectivity index (χ0n) is 12.6. The van der Waals surface area contributed by atoms with Crippen molar-refractivity contribution in [2.45, 2.75) is 38.8 Å². The second kappa shape index (κ2) is 11.9. The van der Waals surface area contributed by atoms with Crippen LogP contribution in [0, 0.1) is 5.92 Å². The molecule has 2 amide bonds. The molecule has 2 unspecified atom stereocenters. The molecule has 0 bridgehead atoms. The molecule has 0 heterocycles. The maximum absolute atomic E-state index is 10.3. The van der Waals surface area contributed by atoms with E-state index < -0.39 is 30.1 Å². The molecule has 2 atom stereocenters. The van der Waals surface area contributed by atoms with E-state index in [1.54, 1.807) is 7.05 Å². The van der Waals surface area contributed by atoms with Crippen molar-refractivity contribution < 1.29 is 24.6 Å². The third kappa shape index (κ3) is 12.9. The largest absolute Gasteiger partial charge is 0.480 e. The Balaban J connectivity index is 0. The topological polar surface area (TPSA) is 168 Å². The van der Waals surface area contributed by atoms with Crippen LogP contribution in [0.5, 0.6) is 0 Å². The van der Waals surface area contributed by atoms with E-state index >= 15 is 0 Å². The molecule has 9 heteroatoms. The standard InChI is InChI=1S/C6H13N3O3.C6H13NO2/c7-4(5(10)11)2-1-3-9-6(8)12;1-4(2)5(7-3)6(8)9/h4H,1-3,7H2,(H,10,11)(H3,8,9,12);4-5,7H,1-3H3,(H,8,9). The van der Waals surface area contributed by atoms with Gasteiger partial charge in [0.1, 0.15) is 12.1 Å². The van der Waals surface area contributed by atoms with Crippen molar-refractivity contribution in [3.8, 4) is 0 Å². The van der Waals surface area contributed by atoms with Gasteiger partial charge < -0.3 is 32.3 Å². The van der Waals surface area contributed by atoms with Gasteiger partial charge in [-0.25, -0.2) is 4.79 Å². The monoisotopic (exact) mass is 306 g/mol. The zero-order valence-corrected chi connectivity index (χ0v) is 12.6. The Kier molecular flexibility index (Phi) is 12.2. The van der Waals surface area contributed by atoms with Crippen molar-refractivity contribution in [1.82, 2.24) is 10.6 Å². The van der Waals surface area contributed by atoms with Crippen LogP contribution in [0.15, 0.2) is 0 Å². The van der Waals surface area contributed by atoms with Crippen molar-refractivity contribution in [3.05, 3.63) is 0 Å². The fraction of sp³-hybridized carbons (Fsp3) is 0.750. The number of carboxylic acids is 2. The average molecular weight is 306 g/mol. The summed E-state index contributed by atoms with van der Waals surface area (Å²) in [6.07, 6.45) is 0.839. The summed E-state index contributed by atoms with van der Waals surface area (Å²) in [5.41, 5.74) is 9.96. The van der Waals surface area contributed by atoms with E-state index in [4.69, 9.17) is 21.7 Å². The molecule has 0 fully saturated rings. The first-order chi connectivity index (χ1) is 9.63. The molecule has 21 heavy (non-hydrogen) atoms. The van der Waals surface area contributed by atoms with Gasteiger partial charge in [-0.05, 0) is 25.8 Å². The number of nitrogens with two attached hydrogens (primary N) is 2. The van der Waals surface area contributed by atoms with Gasteiger partial charge in [-0.3, -0.25) is 9.59 Å². The normalized spacial score (nSPS) is 12.8. The second-order valence-electron chi connectivity index (χ2n) is 4.73. The quantitative estimate of drug-likeness (QED) is 0.318. The van der Waals surface area contributed by atoms with Gasteiger partial charge in [0.15, 0.2) is 0 Å². The van der Waals surface area contributed by atoms with E-state index in [1.165, 1.54) is 0 Å². The van der Waals surface area contributed by atoms with Gasteiger partial charge in [-0.15, -0.1) is 0 Å². The molecule has 0 aliphatic heterocycles. The number of hydrogen-bond acceptors (Lipinski definition) is 5. The molecule has 0 aromatic carbocycles. The van der Waals surface area contributed by atoms with Crippen LogP contribution in [0.1, 0.15) is 26.7 Å². The second-order valence-corrected chi connectivity index (χ2v) is 4.73. The summed E-state index contributed by atoms with van der Waals surface area (Å²) in [6, 6.07) is -1.89. The molecule has 9 nitrogen and oxygen atoms in total. The smallest absolute Gasteiger partial charge is 0.320 e. The van der Waals surface area contributed by atoms with Crippen LogP contribution in [0.3, 0.4) is 0 Å². The van der Waals surface area contributed by atoms with E-state index in [0.29, 0.717) is 19.4 Å². The number of carbonyl (C=O) groups is 3. The molecular formula is C12H26N4O5. The third-order valence-corrected chi connectivity index (χ3v) is 2.55. The highest BCUT2D eigenvalue weighted by atomic mass is 16.4. The van der Waals surface area contributed by atoms with Crippen molar-refractivity contribution in [3.63, 3.8) is 0 Å². The molecule has 124 valence electrons. The van der Waals surface area contributed by atoms with E-state index in [9.17, 15) is 14.4 Å². The van der Waals surface area contributed by atoms with Gasteiger partial charge in [0, 0.05) is 6.54 Å². The van der Waals surface area contributed by atoms with E-state index in [1.807, 2.05) is 13.8 Å². The van der Waals surface area contributed by atoms with Gasteiger partial charge >= 0.3 is 18.0 Å². The van der Waals surface area contributed by atoms with Gasteiger partial charge in [0.25, 0.3) is 0 Å². The number of aliphatic carboxylic acids is 2. The first kappa shape index (κ1) is 21.4. The lowest BCUT2D eigenvalue weighted by Gasteiger charge is -2.13. The minimum absolute atomic E-state index is 0.146. The average Bonchev–Trinajstić information content (AvgIpc) is 2.34. The third-order valence-electron chi connectivity index (χ3n) is 2.55. The van der Waals surface area contributed by atoms with E-state index in [-0.39, 0.29) is 5.92 Å². The first-order valence-electron chi connectivity index (χ1n) is 6.55. The molecule has 0 saturated carbocycles. The van der Waals surface area contributed by atoms with Crippen LogP contribution >= 0.6 is 0 Å². The van der Waals surface area contributed by atoms with E-state index in [0.717, 1.165) is 0 Å². The molecule has 0 aromatic rings. The Hall–Kier alpha value is -1.87. The van der Waals surface area contributed by atoms with E-state index in [2.05, 4.69) is 10.6 Å². The highest BCUT2D eigenvalue weighted by molar-refractivity contribution is 5.73. The Morgan fingerprint density at radius 3 is 1.90 bits per heavy atom. The highest BCUT2D eigenvalue weighted by Crippen LogP contribution is 1.99. The van der Waals surface area contributed by atoms with Crippen molar-refractivity contribution in [1.29, 1.82) is 0 Å². The molecule has 0 aliphatic carbocycles. The van der Waals surface area contributed by atoms with Crippen molar-refractivity contribution >= 4 is 18.0 Å². The van der Waals surface area contributed by atoms with Crippen LogP contribution in [-0.2, 0) is 9.59 Å². The van der Waals surface area contributed by atoms with Crippen LogP contribution in [0.25, 0.3) is 0 Å². The molecule has 0 spiro atoms. The lowest BCUT2D eigenvalue weighted by molar-refractivity contribution is -0.140. The molecule has 0 aliphatic rings. The summed E-state index contributed by atoms with van der Waals surface area (Å²) in [4.78, 5) is 30.6. The number of nitrogens with one attached hydrogen (secondary N) is 2. The number of carboxylic acid groups (broad SMARTS) is 2. The number of likely N-dealkylation sites (N-methyl/N-ethyl adjacent to an activating group) is 1. The molecule has 0 radical (unpaired) electrons. The number of primary amides is 1. The summed E-state index contributed by atoms with van der Waals surface area (Å²) in [5.74, 6) is -1.67. The first-order valence-corrected chi connectivity index (χ1v) is 6.55. The number of amides is 2. The zero-order chi connectivity index (χ0) is 17.0. The Morgan fingerprint density at radius 1 is 1.14 bits per heavy atom. The minimum Gasteiger partial charge on any atom is -0.480 e. The Labute approximate surface area is 124 Å². The summed E-state index contributed by atoms with van der Waals surface area (Å²) >= 11 is 0. The highest BCUT2D eigenvalue weighted by Gasteiger charge is 2.17. The summed E-state index contributed by atoms with van der Waals surface area (Å²) < 4.78 is 0. The maximum Gasteiger partial charge on any atom is 0.320 e. The lowest BCUT2D eigenvalue weighted by Crippen LogP contribution is -2.38. The molecule has 0 rings (SSSR count). The Morgan fingerprint density at radius 2 is 1.67 bits per heavy atom. The van der Waals surface area contributed by atoms with Crippen LogP contribution < -0.4 is 22.1 Å². The van der Waals surface area contributed by atoms with Crippen LogP contribution in [0.2, 0.25) is 0 Å². The van der Waals surface area contributed by atoms with Gasteiger partial charge in [-0.1, -0.05) is 13.8 Å². The van der Waals surface area contributed by atoms with Gasteiger partial charge in [-0.2, -0.15) is 0 Å². The fourth-order valence-electron chi connectivity index (χ4n) is 1.40. The Bertz CT molecular complexity index is 336. The lowest BCUT2D eigenvalue weighted by atomic mass is 10.1. The van der Waals surface area contributed by atoms with Gasteiger partial charge in [0.2, 0.25) is 0 Å². The molecular weight excluding hydrogens is 280 g/mol. The SMILES string of the molecule is CNC(C(=O)O)C(C)C.NC(=O)NCCCC(N)C(=O)O. The predicted molar refractivity (Wildman–Crippen MR) is 77.8 cm³/mol.